The minimum Gasteiger partial charge on any atom is -0.497 e. The van der Waals surface area contributed by atoms with Gasteiger partial charge >= 0.3 is 0 Å². The van der Waals surface area contributed by atoms with Crippen LogP contribution in [0.25, 0.3) is 0 Å². The van der Waals surface area contributed by atoms with E-state index in [1.165, 1.54) is 12.0 Å². The number of methoxy groups -OCH3 is 1. The molecule has 0 radical (unpaired) electrons. The molecule has 1 saturated heterocycles. The van der Waals surface area contributed by atoms with Crippen LogP contribution < -0.4 is 10.1 Å². The minimum atomic E-state index is 0.410. The van der Waals surface area contributed by atoms with Crippen LogP contribution in [0.1, 0.15) is 18.9 Å². The Morgan fingerprint density at radius 2 is 1.62 bits per heavy atom. The summed E-state index contributed by atoms with van der Waals surface area (Å²) >= 11 is 0. The summed E-state index contributed by atoms with van der Waals surface area (Å²) in [5.41, 5.74) is 1.44. The Morgan fingerprint density at radius 3 is 2.21 bits per heavy atom. The van der Waals surface area contributed by atoms with Crippen molar-refractivity contribution in [2.24, 2.45) is 5.92 Å². The summed E-state index contributed by atoms with van der Waals surface area (Å²) in [5, 5.41) is 3.46. The van der Waals surface area contributed by atoms with E-state index >= 15 is 0 Å². The topological polar surface area (TPSA) is 30.5 Å². The van der Waals surface area contributed by atoms with Crippen LogP contribution >= 0.6 is 0 Å². The van der Waals surface area contributed by atoms with Crippen molar-refractivity contribution >= 4 is 0 Å². The Labute approximate surface area is 146 Å². The van der Waals surface area contributed by atoms with Crippen molar-refractivity contribution in [3.63, 3.8) is 0 Å². The van der Waals surface area contributed by atoms with Crippen molar-refractivity contribution in [1.29, 1.82) is 0 Å². The molecular formula is C21H29NO2. The van der Waals surface area contributed by atoms with Crippen molar-refractivity contribution in [2.45, 2.75) is 25.9 Å². The number of rotatable bonds is 5. The third-order valence-electron chi connectivity index (χ3n) is 4.15. The third kappa shape index (κ3) is 6.73. The molecule has 1 fully saturated rings. The van der Waals surface area contributed by atoms with E-state index in [1.54, 1.807) is 7.11 Å². The molecule has 2 atom stereocenters. The first-order chi connectivity index (χ1) is 11.8. The van der Waals surface area contributed by atoms with Crippen LogP contribution in [0.3, 0.4) is 0 Å². The summed E-state index contributed by atoms with van der Waals surface area (Å²) in [7, 11) is 1.66. The summed E-state index contributed by atoms with van der Waals surface area (Å²) in [6.45, 7) is 5.03. The van der Waals surface area contributed by atoms with Crippen LogP contribution in [0.2, 0.25) is 0 Å². The van der Waals surface area contributed by atoms with Gasteiger partial charge in [-0.05, 0) is 49.9 Å². The summed E-state index contributed by atoms with van der Waals surface area (Å²) in [6.07, 6.45) is 2.76. The van der Waals surface area contributed by atoms with E-state index in [2.05, 4.69) is 42.6 Å². The highest BCUT2D eigenvalue weighted by Crippen LogP contribution is 2.18. The molecule has 130 valence electrons. The Bertz CT molecular complexity index is 542. The lowest BCUT2D eigenvalue weighted by atomic mass is 9.91. The van der Waals surface area contributed by atoms with Gasteiger partial charge in [0.05, 0.1) is 13.2 Å². The normalized spacial score (nSPS) is 19.9. The van der Waals surface area contributed by atoms with Crippen LogP contribution in [-0.2, 0) is 11.2 Å². The maximum Gasteiger partial charge on any atom is 0.118 e. The maximum absolute atomic E-state index is 5.69. The molecule has 0 amide bonds. The molecule has 1 heterocycles. The molecule has 0 spiro atoms. The van der Waals surface area contributed by atoms with E-state index in [4.69, 9.17) is 9.47 Å². The monoisotopic (exact) mass is 327 g/mol. The van der Waals surface area contributed by atoms with Crippen molar-refractivity contribution < 1.29 is 9.47 Å². The van der Waals surface area contributed by atoms with Gasteiger partial charge in [-0.3, -0.25) is 0 Å². The van der Waals surface area contributed by atoms with Gasteiger partial charge < -0.3 is 14.8 Å². The van der Waals surface area contributed by atoms with Crippen molar-refractivity contribution in [3.05, 3.63) is 66.2 Å². The molecule has 3 heteroatoms. The molecule has 3 rings (SSSR count). The zero-order valence-corrected chi connectivity index (χ0v) is 14.8. The average molecular weight is 327 g/mol. The molecule has 0 unspecified atom stereocenters. The summed E-state index contributed by atoms with van der Waals surface area (Å²) < 4.78 is 10.6. The minimum absolute atomic E-state index is 0.410. The Kier molecular flexibility index (Phi) is 8.36. The zero-order chi connectivity index (χ0) is 17.0. The first kappa shape index (κ1) is 18.5. The van der Waals surface area contributed by atoms with E-state index in [0.29, 0.717) is 12.0 Å². The smallest absolute Gasteiger partial charge is 0.118 e. The number of hydrogen-bond donors (Lipinski definition) is 1. The predicted octanol–water partition coefficient (Wildman–Crippen LogP) is 3.94. The number of ether oxygens (including phenoxy) is 2. The highest BCUT2D eigenvalue weighted by atomic mass is 16.5. The highest BCUT2D eigenvalue weighted by molar-refractivity contribution is 5.20. The molecule has 1 N–H and O–H groups in total. The van der Waals surface area contributed by atoms with Crippen molar-refractivity contribution in [2.75, 3.05) is 26.8 Å². The second-order valence-electron chi connectivity index (χ2n) is 6.04. The largest absolute Gasteiger partial charge is 0.497 e. The molecule has 1 aliphatic heterocycles. The number of nitrogens with one attached hydrogen (secondary N) is 1. The van der Waals surface area contributed by atoms with Gasteiger partial charge in [-0.25, -0.2) is 0 Å². The summed E-state index contributed by atoms with van der Waals surface area (Å²) in [5.74, 6) is 1.63. The molecule has 24 heavy (non-hydrogen) atoms. The Hall–Kier alpha value is -1.84. The number of piperidine rings is 1. The van der Waals surface area contributed by atoms with Gasteiger partial charge in [-0.1, -0.05) is 48.5 Å². The van der Waals surface area contributed by atoms with E-state index in [9.17, 15) is 0 Å². The fourth-order valence-electron chi connectivity index (χ4n) is 3.01. The second kappa shape index (κ2) is 10.8. The standard InChI is InChI=1S/C14H21NO.C7H8O/c1-2-16-14-9-13(10-15-11-14)8-12-6-4-3-5-7-12;1-8-7-5-3-2-4-6-7/h3-7,13-15H,2,8-11H2,1H3;2-6H,1H3/t13-,14+;/m0./s1. The zero-order valence-electron chi connectivity index (χ0n) is 14.8. The molecule has 0 bridgehead atoms. The van der Waals surface area contributed by atoms with Gasteiger partial charge in [-0.2, -0.15) is 0 Å². The Balaban J connectivity index is 0.000000219. The Morgan fingerprint density at radius 1 is 0.958 bits per heavy atom. The second-order valence-corrected chi connectivity index (χ2v) is 6.04. The van der Waals surface area contributed by atoms with E-state index < -0.39 is 0 Å². The number of benzene rings is 2. The molecule has 1 aliphatic rings. The number of hydrogen-bond acceptors (Lipinski definition) is 3. The lowest BCUT2D eigenvalue weighted by molar-refractivity contribution is 0.0302. The molecule has 3 nitrogen and oxygen atoms in total. The summed E-state index contributed by atoms with van der Waals surface area (Å²) in [6, 6.07) is 20.4. The van der Waals surface area contributed by atoms with Crippen LogP contribution in [0.4, 0.5) is 0 Å². The maximum atomic E-state index is 5.69. The molecule has 2 aromatic carbocycles. The van der Waals surface area contributed by atoms with Crippen LogP contribution in [0.15, 0.2) is 60.7 Å². The van der Waals surface area contributed by atoms with Crippen molar-refractivity contribution in [3.8, 4) is 5.75 Å². The van der Waals surface area contributed by atoms with Gasteiger partial charge in [0, 0.05) is 13.2 Å². The first-order valence-electron chi connectivity index (χ1n) is 8.77. The molecule has 2 aromatic rings. The number of para-hydroxylation sites is 1. The van der Waals surface area contributed by atoms with Crippen LogP contribution in [-0.4, -0.2) is 32.9 Å². The lowest BCUT2D eigenvalue weighted by Crippen LogP contribution is -2.41. The van der Waals surface area contributed by atoms with E-state index in [0.717, 1.165) is 31.9 Å². The van der Waals surface area contributed by atoms with Gasteiger partial charge in [0.2, 0.25) is 0 Å². The predicted molar refractivity (Wildman–Crippen MR) is 99.5 cm³/mol. The van der Waals surface area contributed by atoms with E-state index in [1.807, 2.05) is 30.3 Å². The SMILES string of the molecule is CCO[C@H]1CNC[C@@H](Cc2ccccc2)C1.COc1ccccc1. The molecule has 0 saturated carbocycles. The molecular weight excluding hydrogens is 298 g/mol. The van der Waals surface area contributed by atoms with Gasteiger partial charge in [0.15, 0.2) is 0 Å². The third-order valence-corrected chi connectivity index (χ3v) is 4.15. The van der Waals surface area contributed by atoms with Crippen LogP contribution in [0, 0.1) is 5.92 Å². The first-order valence-corrected chi connectivity index (χ1v) is 8.77. The molecule has 0 aromatic heterocycles. The van der Waals surface area contributed by atoms with Gasteiger partial charge in [-0.15, -0.1) is 0 Å². The fourth-order valence-corrected chi connectivity index (χ4v) is 3.01. The van der Waals surface area contributed by atoms with Crippen LogP contribution in [0.5, 0.6) is 5.75 Å². The van der Waals surface area contributed by atoms with Gasteiger partial charge in [0.25, 0.3) is 0 Å². The molecule has 0 aliphatic carbocycles. The quantitative estimate of drug-likeness (QED) is 0.902. The van der Waals surface area contributed by atoms with Crippen molar-refractivity contribution in [1.82, 2.24) is 5.32 Å². The van der Waals surface area contributed by atoms with E-state index in [-0.39, 0.29) is 0 Å². The van der Waals surface area contributed by atoms with Gasteiger partial charge in [0.1, 0.15) is 5.75 Å². The highest BCUT2D eigenvalue weighted by Gasteiger charge is 2.21. The fraction of sp³-hybridized carbons (Fsp3) is 0.429. The lowest BCUT2D eigenvalue weighted by Gasteiger charge is -2.29. The summed E-state index contributed by atoms with van der Waals surface area (Å²) in [4.78, 5) is 0. The average Bonchev–Trinajstić information content (AvgIpc) is 2.64.